The Morgan fingerprint density at radius 2 is 2.00 bits per heavy atom. The van der Waals surface area contributed by atoms with Crippen LogP contribution in [0.15, 0.2) is 12.1 Å². The lowest BCUT2D eigenvalue weighted by Crippen LogP contribution is -2.09. The molecule has 0 amide bonds. The van der Waals surface area contributed by atoms with Crippen LogP contribution in [0.1, 0.15) is 26.3 Å². The van der Waals surface area contributed by atoms with Crippen molar-refractivity contribution in [2.75, 3.05) is 21.3 Å². The van der Waals surface area contributed by atoms with E-state index in [-0.39, 0.29) is 17.7 Å². The first-order valence-electron chi connectivity index (χ1n) is 4.91. The molecular weight excluding hydrogens is 224 g/mol. The summed E-state index contributed by atoms with van der Waals surface area (Å²) in [7, 11) is 4.24. The van der Waals surface area contributed by atoms with E-state index in [0.29, 0.717) is 17.6 Å². The summed E-state index contributed by atoms with van der Waals surface area (Å²) < 4.78 is 14.6. The van der Waals surface area contributed by atoms with Crippen LogP contribution in [0.2, 0.25) is 0 Å². The predicted molar refractivity (Wildman–Crippen MR) is 60.4 cm³/mol. The predicted octanol–water partition coefficient (Wildman–Crippen LogP) is 1.44. The van der Waals surface area contributed by atoms with Crippen LogP contribution in [0, 0.1) is 0 Å². The molecule has 0 aliphatic rings. The molecule has 1 rings (SSSR count). The third-order valence-electron chi connectivity index (χ3n) is 2.30. The molecule has 17 heavy (non-hydrogen) atoms. The average Bonchev–Trinajstić information content (AvgIpc) is 2.37. The van der Waals surface area contributed by atoms with Gasteiger partial charge in [0.05, 0.1) is 26.4 Å². The number of carbonyl (C=O) groups is 2. The Kier molecular flexibility index (Phi) is 4.66. The lowest BCUT2D eigenvalue weighted by molar-refractivity contribution is 0.0597. The topological polar surface area (TPSA) is 61.8 Å². The number of benzene rings is 1. The van der Waals surface area contributed by atoms with Crippen LogP contribution in [0.5, 0.6) is 5.75 Å². The first kappa shape index (κ1) is 13.2. The van der Waals surface area contributed by atoms with Crippen LogP contribution < -0.4 is 4.74 Å². The van der Waals surface area contributed by atoms with E-state index in [9.17, 15) is 9.59 Å². The summed E-state index contributed by atoms with van der Waals surface area (Å²) in [4.78, 5) is 22.6. The molecule has 0 aliphatic carbocycles. The molecule has 5 heteroatoms. The molecule has 0 atom stereocenters. The molecule has 0 unspecified atom stereocenters. The van der Waals surface area contributed by atoms with Crippen LogP contribution in [0.3, 0.4) is 0 Å². The summed E-state index contributed by atoms with van der Waals surface area (Å²) >= 11 is 0. The van der Waals surface area contributed by atoms with Gasteiger partial charge < -0.3 is 14.2 Å². The van der Waals surface area contributed by atoms with Gasteiger partial charge in [0.15, 0.2) is 6.29 Å². The smallest absolute Gasteiger partial charge is 0.338 e. The largest absolute Gasteiger partial charge is 0.497 e. The molecule has 1 aromatic carbocycles. The molecular formula is C12H14O5. The molecule has 0 spiro atoms. The van der Waals surface area contributed by atoms with E-state index in [1.807, 2.05) is 0 Å². The molecule has 92 valence electrons. The number of rotatable bonds is 5. The van der Waals surface area contributed by atoms with E-state index in [0.717, 1.165) is 0 Å². The molecule has 0 N–H and O–H groups in total. The highest BCUT2D eigenvalue weighted by atomic mass is 16.5. The van der Waals surface area contributed by atoms with Crippen LogP contribution >= 0.6 is 0 Å². The summed E-state index contributed by atoms with van der Waals surface area (Å²) in [5.74, 6) is -0.105. The normalized spacial score (nSPS) is 9.82. The minimum absolute atomic E-state index is 0.175. The van der Waals surface area contributed by atoms with E-state index in [1.165, 1.54) is 27.4 Å². The second-order valence-electron chi connectivity index (χ2n) is 3.29. The van der Waals surface area contributed by atoms with E-state index in [2.05, 4.69) is 4.74 Å². The molecule has 1 aromatic rings. The fraction of sp³-hybridized carbons (Fsp3) is 0.333. The molecule has 0 radical (unpaired) electrons. The number of esters is 1. The van der Waals surface area contributed by atoms with Gasteiger partial charge in [-0.3, -0.25) is 4.79 Å². The summed E-state index contributed by atoms with van der Waals surface area (Å²) in [6.45, 7) is 0.218. The highest BCUT2D eigenvalue weighted by molar-refractivity contribution is 5.99. The van der Waals surface area contributed by atoms with Crippen LogP contribution in [-0.2, 0) is 16.1 Å². The van der Waals surface area contributed by atoms with Crippen molar-refractivity contribution in [1.82, 2.24) is 0 Å². The standard InChI is InChI=1S/C12H14O5/c1-15-7-8-4-9(16-2)5-10(11(8)6-13)12(14)17-3/h4-6H,7H2,1-3H3. The molecule has 5 nitrogen and oxygen atoms in total. The summed E-state index contributed by atoms with van der Waals surface area (Å²) in [5.41, 5.74) is 1.02. The number of hydrogen-bond donors (Lipinski definition) is 0. The minimum Gasteiger partial charge on any atom is -0.497 e. The lowest BCUT2D eigenvalue weighted by atomic mass is 10.0. The van der Waals surface area contributed by atoms with E-state index >= 15 is 0 Å². The van der Waals surface area contributed by atoms with Crippen molar-refractivity contribution in [3.05, 3.63) is 28.8 Å². The first-order valence-corrected chi connectivity index (χ1v) is 4.91. The maximum absolute atomic E-state index is 11.5. The number of aldehydes is 1. The van der Waals surface area contributed by atoms with Crippen molar-refractivity contribution in [2.24, 2.45) is 0 Å². The molecule has 0 bridgehead atoms. The SMILES string of the molecule is COCc1cc(OC)cc(C(=O)OC)c1C=O. The third-order valence-corrected chi connectivity index (χ3v) is 2.30. The van der Waals surface area contributed by atoms with E-state index in [1.54, 1.807) is 6.07 Å². The van der Waals surface area contributed by atoms with Gasteiger partial charge in [0.25, 0.3) is 0 Å². The fourth-order valence-corrected chi connectivity index (χ4v) is 1.49. The summed E-state index contributed by atoms with van der Waals surface area (Å²) in [6.07, 6.45) is 0.611. The van der Waals surface area contributed by atoms with E-state index < -0.39 is 5.97 Å². The second kappa shape index (κ2) is 6.00. The Labute approximate surface area is 99.3 Å². The Bertz CT molecular complexity index is 425. The van der Waals surface area contributed by atoms with Crippen molar-refractivity contribution in [1.29, 1.82) is 0 Å². The Morgan fingerprint density at radius 1 is 1.29 bits per heavy atom. The van der Waals surface area contributed by atoms with Gasteiger partial charge in [0.1, 0.15) is 5.75 Å². The van der Waals surface area contributed by atoms with Crippen molar-refractivity contribution in [3.8, 4) is 5.75 Å². The Balaban J connectivity index is 3.38. The van der Waals surface area contributed by atoms with Gasteiger partial charge in [-0.2, -0.15) is 0 Å². The lowest BCUT2D eigenvalue weighted by Gasteiger charge is -2.11. The monoisotopic (exact) mass is 238 g/mol. The zero-order chi connectivity index (χ0) is 12.8. The average molecular weight is 238 g/mol. The molecule has 0 saturated carbocycles. The van der Waals surface area contributed by atoms with Crippen molar-refractivity contribution < 1.29 is 23.8 Å². The Morgan fingerprint density at radius 3 is 2.47 bits per heavy atom. The zero-order valence-corrected chi connectivity index (χ0v) is 9.98. The highest BCUT2D eigenvalue weighted by Gasteiger charge is 2.17. The highest BCUT2D eigenvalue weighted by Crippen LogP contribution is 2.23. The van der Waals surface area contributed by atoms with Gasteiger partial charge in [-0.1, -0.05) is 0 Å². The van der Waals surface area contributed by atoms with Gasteiger partial charge in [0.2, 0.25) is 0 Å². The molecule has 0 heterocycles. The van der Waals surface area contributed by atoms with Crippen LogP contribution in [0.25, 0.3) is 0 Å². The molecule has 0 fully saturated rings. The quantitative estimate of drug-likeness (QED) is 0.573. The van der Waals surface area contributed by atoms with Crippen molar-refractivity contribution in [2.45, 2.75) is 6.61 Å². The summed E-state index contributed by atoms with van der Waals surface area (Å²) in [6, 6.07) is 3.12. The molecule has 0 aliphatic heterocycles. The molecule has 0 aromatic heterocycles. The van der Waals surface area contributed by atoms with Crippen LogP contribution in [0.4, 0.5) is 0 Å². The fourth-order valence-electron chi connectivity index (χ4n) is 1.49. The Hall–Kier alpha value is -1.88. The van der Waals surface area contributed by atoms with Crippen LogP contribution in [-0.4, -0.2) is 33.6 Å². The molecule has 0 saturated heterocycles. The number of ether oxygens (including phenoxy) is 3. The van der Waals surface area contributed by atoms with Gasteiger partial charge >= 0.3 is 5.97 Å². The van der Waals surface area contributed by atoms with E-state index in [4.69, 9.17) is 9.47 Å². The first-order chi connectivity index (χ1) is 8.17. The number of hydrogen-bond acceptors (Lipinski definition) is 5. The zero-order valence-electron chi connectivity index (χ0n) is 9.98. The maximum Gasteiger partial charge on any atom is 0.338 e. The minimum atomic E-state index is -0.580. The number of carbonyl (C=O) groups excluding carboxylic acids is 2. The van der Waals surface area contributed by atoms with Gasteiger partial charge in [-0.15, -0.1) is 0 Å². The van der Waals surface area contributed by atoms with Crippen molar-refractivity contribution >= 4 is 12.3 Å². The van der Waals surface area contributed by atoms with Gasteiger partial charge in [0, 0.05) is 12.7 Å². The third kappa shape index (κ3) is 2.82. The van der Waals surface area contributed by atoms with Crippen molar-refractivity contribution in [3.63, 3.8) is 0 Å². The number of methoxy groups -OCH3 is 3. The second-order valence-corrected chi connectivity index (χ2v) is 3.29. The van der Waals surface area contributed by atoms with Gasteiger partial charge in [-0.25, -0.2) is 4.79 Å². The van der Waals surface area contributed by atoms with Gasteiger partial charge in [-0.05, 0) is 17.7 Å². The summed E-state index contributed by atoms with van der Waals surface area (Å²) in [5, 5.41) is 0. The maximum atomic E-state index is 11.5.